The van der Waals surface area contributed by atoms with Crippen molar-refractivity contribution >= 4 is 48.9 Å². The summed E-state index contributed by atoms with van der Waals surface area (Å²) < 4.78 is 31.5. The summed E-state index contributed by atoms with van der Waals surface area (Å²) in [6, 6.07) is 3.43. The van der Waals surface area contributed by atoms with Crippen molar-refractivity contribution in [1.82, 2.24) is 19.9 Å². The van der Waals surface area contributed by atoms with E-state index in [4.69, 9.17) is 50.8 Å². The lowest BCUT2D eigenvalue weighted by Crippen LogP contribution is -2.24. The maximum absolute atomic E-state index is 5.56. The van der Waals surface area contributed by atoms with Gasteiger partial charge in [-0.3, -0.25) is 0 Å². The van der Waals surface area contributed by atoms with E-state index in [1.54, 1.807) is 12.1 Å². The Balaban J connectivity index is 0.000000380. The number of hydrogen-bond donors (Lipinski definition) is 0. The highest BCUT2D eigenvalue weighted by atomic mass is 32.5. The minimum atomic E-state index is -2.77. The highest BCUT2D eigenvalue weighted by Gasteiger charge is 2.22. The summed E-state index contributed by atoms with van der Waals surface area (Å²) in [6.07, 6.45) is 0. The van der Waals surface area contributed by atoms with Crippen LogP contribution in [0.1, 0.15) is 39.1 Å². The van der Waals surface area contributed by atoms with Crippen LogP contribution in [0.25, 0.3) is 0 Å². The second kappa shape index (κ2) is 16.6. The van der Waals surface area contributed by atoms with Crippen molar-refractivity contribution < 1.29 is 27.1 Å². The van der Waals surface area contributed by atoms with Gasteiger partial charge in [0.15, 0.2) is 0 Å². The van der Waals surface area contributed by atoms with Gasteiger partial charge in [0.05, 0.1) is 0 Å². The van der Waals surface area contributed by atoms with E-state index in [0.717, 1.165) is 37.6 Å². The molecule has 216 valence electrons. The molecular formula is C22H40N6O6P2S2. The lowest BCUT2D eigenvalue weighted by Gasteiger charge is -2.21. The predicted molar refractivity (Wildman–Crippen MR) is 159 cm³/mol. The van der Waals surface area contributed by atoms with Crippen LogP contribution in [0.15, 0.2) is 12.1 Å². The Kier molecular flexibility index (Phi) is 15.1. The first kappa shape index (κ1) is 34.5. The molecule has 0 aromatic carbocycles. The largest absolute Gasteiger partial charge is 0.405 e. The maximum Gasteiger partial charge on any atom is 0.381 e. The zero-order valence-corrected chi connectivity index (χ0v) is 27.2. The SMILES string of the molecule is CCN(CC)c1nc(C)cc(OP(=S)(OC)OC)n1.CCN(CC)c1nc(C)cc(OP(=S)(OC)OC)n1. The second-order valence-corrected chi connectivity index (χ2v) is 13.7. The Bertz CT molecular complexity index is 1010. The number of hydrogen-bond acceptors (Lipinski definition) is 14. The van der Waals surface area contributed by atoms with Crippen LogP contribution in [0.4, 0.5) is 11.9 Å². The zero-order chi connectivity index (χ0) is 28.9. The van der Waals surface area contributed by atoms with Gasteiger partial charge in [-0.05, 0) is 41.5 Å². The molecule has 0 spiro atoms. The number of aromatic nitrogens is 4. The smallest absolute Gasteiger partial charge is 0.381 e. The van der Waals surface area contributed by atoms with Gasteiger partial charge >= 0.3 is 13.4 Å². The van der Waals surface area contributed by atoms with Gasteiger partial charge in [-0.25, -0.2) is 9.97 Å². The van der Waals surface area contributed by atoms with E-state index in [1.165, 1.54) is 28.4 Å². The molecule has 0 N–H and O–H groups in total. The summed E-state index contributed by atoms with van der Waals surface area (Å²) in [5.74, 6) is 1.99. The van der Waals surface area contributed by atoms with Gasteiger partial charge in [0.25, 0.3) is 0 Å². The number of aryl methyl sites for hydroxylation is 2. The molecule has 2 aromatic heterocycles. The summed E-state index contributed by atoms with van der Waals surface area (Å²) in [5, 5.41) is 0. The molecule has 38 heavy (non-hydrogen) atoms. The number of nitrogens with zero attached hydrogens (tertiary/aromatic N) is 6. The van der Waals surface area contributed by atoms with Crippen LogP contribution in [-0.2, 0) is 41.7 Å². The highest BCUT2D eigenvalue weighted by molar-refractivity contribution is 8.08. The standard InChI is InChI=1S/2C11H20N3O3PS/c2*1-6-14(7-2)11-12-9(3)8-10(13-11)17-18(19,15-4)16-5/h2*8H,6-7H2,1-5H3. The first-order valence-corrected chi connectivity index (χ1v) is 17.1. The Labute approximate surface area is 236 Å². The van der Waals surface area contributed by atoms with Crippen LogP contribution in [0, 0.1) is 13.8 Å². The molecular weight excluding hydrogens is 570 g/mol. The van der Waals surface area contributed by atoms with Crippen molar-refractivity contribution in [1.29, 1.82) is 0 Å². The average Bonchev–Trinajstić information content (AvgIpc) is 2.89. The minimum absolute atomic E-state index is 0.376. The summed E-state index contributed by atoms with van der Waals surface area (Å²) >= 11 is 10.3. The van der Waals surface area contributed by atoms with Gasteiger partial charge < -0.3 is 36.9 Å². The van der Waals surface area contributed by atoms with Gasteiger partial charge in [-0.1, -0.05) is 0 Å². The Morgan fingerprint density at radius 1 is 0.605 bits per heavy atom. The lowest BCUT2D eigenvalue weighted by molar-refractivity contribution is 0.269. The normalized spacial score (nSPS) is 11.4. The van der Waals surface area contributed by atoms with Crippen molar-refractivity contribution in [3.63, 3.8) is 0 Å². The van der Waals surface area contributed by atoms with Crippen LogP contribution in [0.5, 0.6) is 11.8 Å². The van der Waals surface area contributed by atoms with Crippen molar-refractivity contribution in [3.05, 3.63) is 23.5 Å². The third kappa shape index (κ3) is 10.6. The fourth-order valence-corrected chi connectivity index (χ4v) is 4.67. The fraction of sp³-hybridized carbons (Fsp3) is 0.636. The minimum Gasteiger partial charge on any atom is -0.405 e. The third-order valence-corrected chi connectivity index (χ3v) is 9.88. The van der Waals surface area contributed by atoms with E-state index in [1.807, 2.05) is 51.3 Å². The molecule has 16 heteroatoms. The van der Waals surface area contributed by atoms with Crippen LogP contribution in [0.3, 0.4) is 0 Å². The molecule has 0 saturated carbocycles. The molecule has 0 atom stereocenters. The van der Waals surface area contributed by atoms with E-state index in [-0.39, 0.29) is 0 Å². The highest BCUT2D eigenvalue weighted by Crippen LogP contribution is 2.48. The molecule has 0 aliphatic heterocycles. The Morgan fingerprint density at radius 3 is 1.13 bits per heavy atom. The first-order chi connectivity index (χ1) is 17.9. The predicted octanol–water partition coefficient (Wildman–Crippen LogP) is 5.05. The van der Waals surface area contributed by atoms with E-state index in [9.17, 15) is 0 Å². The molecule has 0 unspecified atom stereocenters. The molecule has 0 aliphatic carbocycles. The molecule has 2 heterocycles. The Morgan fingerprint density at radius 2 is 0.895 bits per heavy atom. The Hall–Kier alpha value is -1.50. The van der Waals surface area contributed by atoms with E-state index in [2.05, 4.69) is 19.9 Å². The quantitative estimate of drug-likeness (QED) is 0.266. The summed E-state index contributed by atoms with van der Waals surface area (Å²) in [6.45, 7) is 9.70. The van der Waals surface area contributed by atoms with Gasteiger partial charge in [0, 0.05) is 102 Å². The molecule has 12 nitrogen and oxygen atoms in total. The summed E-state index contributed by atoms with van der Waals surface area (Å²) in [4.78, 5) is 21.5. The van der Waals surface area contributed by atoms with Gasteiger partial charge in [0.2, 0.25) is 23.7 Å². The molecule has 2 aromatic rings. The van der Waals surface area contributed by atoms with E-state index >= 15 is 0 Å². The monoisotopic (exact) mass is 610 g/mol. The maximum atomic E-state index is 5.56. The molecule has 0 saturated heterocycles. The van der Waals surface area contributed by atoms with Crippen molar-refractivity contribution in [2.45, 2.75) is 41.5 Å². The van der Waals surface area contributed by atoms with Crippen LogP contribution >= 0.6 is 13.4 Å². The molecule has 0 aliphatic rings. The average molecular weight is 611 g/mol. The molecule has 0 amide bonds. The van der Waals surface area contributed by atoms with Crippen molar-refractivity contribution in [2.75, 3.05) is 64.4 Å². The van der Waals surface area contributed by atoms with Gasteiger partial charge in [0.1, 0.15) is 0 Å². The number of rotatable bonds is 14. The third-order valence-electron chi connectivity index (χ3n) is 5.04. The molecule has 0 fully saturated rings. The lowest BCUT2D eigenvalue weighted by atomic mass is 10.4. The molecule has 2 rings (SSSR count). The first-order valence-electron chi connectivity index (χ1n) is 12.0. The zero-order valence-electron chi connectivity index (χ0n) is 23.8. The van der Waals surface area contributed by atoms with Crippen LogP contribution in [0.2, 0.25) is 0 Å². The number of anilines is 2. The van der Waals surface area contributed by atoms with Gasteiger partial charge in [-0.15, -0.1) is 0 Å². The summed E-state index contributed by atoms with van der Waals surface area (Å²) in [7, 11) is 5.85. The van der Waals surface area contributed by atoms with Crippen molar-refractivity contribution in [3.8, 4) is 11.8 Å². The van der Waals surface area contributed by atoms with Crippen molar-refractivity contribution in [2.24, 2.45) is 0 Å². The summed E-state index contributed by atoms with van der Waals surface area (Å²) in [5.41, 5.74) is 1.61. The molecule has 0 bridgehead atoms. The molecule has 0 radical (unpaired) electrons. The van der Waals surface area contributed by atoms with E-state index < -0.39 is 13.4 Å². The van der Waals surface area contributed by atoms with Crippen LogP contribution < -0.4 is 18.8 Å². The van der Waals surface area contributed by atoms with Gasteiger partial charge in [-0.2, -0.15) is 9.97 Å². The van der Waals surface area contributed by atoms with E-state index in [0.29, 0.717) is 23.7 Å². The van der Waals surface area contributed by atoms with Crippen LogP contribution in [-0.4, -0.2) is 74.6 Å². The topological polar surface area (TPSA) is 113 Å². The fourth-order valence-electron chi connectivity index (χ4n) is 2.97. The second-order valence-electron chi connectivity index (χ2n) is 7.45.